The van der Waals surface area contributed by atoms with Crippen molar-refractivity contribution in [2.45, 2.75) is 26.2 Å². The van der Waals surface area contributed by atoms with Crippen LogP contribution < -0.4 is 5.32 Å². The van der Waals surface area contributed by atoms with Gasteiger partial charge in [0.1, 0.15) is 0 Å². The first-order chi connectivity index (χ1) is 5.85. The largest absolute Gasteiger partial charge is 0.390 e. The number of nitriles is 2. The molecule has 0 bridgehead atoms. The van der Waals surface area contributed by atoms with Crippen LogP contribution >= 0.6 is 0 Å². The van der Waals surface area contributed by atoms with Crippen molar-refractivity contribution in [3.63, 3.8) is 0 Å². The van der Waals surface area contributed by atoms with E-state index in [2.05, 4.69) is 12.2 Å². The molecule has 0 aromatic heterocycles. The zero-order valence-electron chi connectivity index (χ0n) is 7.30. The fourth-order valence-electron chi connectivity index (χ4n) is 0.682. The summed E-state index contributed by atoms with van der Waals surface area (Å²) >= 11 is 0. The molecule has 0 saturated heterocycles. The molecule has 0 aliphatic rings. The standard InChI is InChI=1S/C9H13N3/c1-2-3-6-12-8-9(7-11)4-5-10/h8,12H,2-4,6H2,1H3. The van der Waals surface area contributed by atoms with Gasteiger partial charge in [0.2, 0.25) is 0 Å². The van der Waals surface area contributed by atoms with Gasteiger partial charge in [-0.05, 0) is 6.42 Å². The molecule has 3 nitrogen and oxygen atoms in total. The van der Waals surface area contributed by atoms with E-state index in [1.54, 1.807) is 6.20 Å². The minimum absolute atomic E-state index is 0.190. The summed E-state index contributed by atoms with van der Waals surface area (Å²) in [6.07, 6.45) is 4.03. The molecule has 0 heterocycles. The van der Waals surface area contributed by atoms with E-state index < -0.39 is 0 Å². The smallest absolute Gasteiger partial charge is 0.0973 e. The highest BCUT2D eigenvalue weighted by Gasteiger charge is 1.91. The predicted octanol–water partition coefficient (Wildman–Crippen LogP) is 1.70. The molecule has 0 unspecified atom stereocenters. The van der Waals surface area contributed by atoms with Crippen LogP contribution in [0.2, 0.25) is 0 Å². The highest BCUT2D eigenvalue weighted by Crippen LogP contribution is 1.95. The maximum absolute atomic E-state index is 8.50. The average molecular weight is 163 g/mol. The monoisotopic (exact) mass is 163 g/mol. The summed E-state index contributed by atoms with van der Waals surface area (Å²) < 4.78 is 0. The van der Waals surface area contributed by atoms with Gasteiger partial charge in [-0.25, -0.2) is 0 Å². The third-order valence-corrected chi connectivity index (χ3v) is 1.36. The molecule has 12 heavy (non-hydrogen) atoms. The van der Waals surface area contributed by atoms with E-state index in [0.29, 0.717) is 5.57 Å². The lowest BCUT2D eigenvalue weighted by molar-refractivity contribution is 0.732. The molecule has 64 valence electrons. The molecule has 0 saturated carbocycles. The third kappa shape index (κ3) is 5.32. The number of unbranched alkanes of at least 4 members (excludes halogenated alkanes) is 1. The highest BCUT2D eigenvalue weighted by molar-refractivity contribution is 5.23. The normalized spacial score (nSPS) is 10.1. The molecule has 0 rings (SSSR count). The van der Waals surface area contributed by atoms with Gasteiger partial charge in [-0.1, -0.05) is 13.3 Å². The van der Waals surface area contributed by atoms with Gasteiger partial charge in [-0.3, -0.25) is 0 Å². The van der Waals surface area contributed by atoms with Crippen molar-refractivity contribution < 1.29 is 0 Å². The Hall–Kier alpha value is -1.48. The van der Waals surface area contributed by atoms with Gasteiger partial charge in [0.25, 0.3) is 0 Å². The van der Waals surface area contributed by atoms with Crippen LogP contribution in [0, 0.1) is 22.7 Å². The van der Waals surface area contributed by atoms with E-state index in [1.807, 2.05) is 12.1 Å². The number of rotatable bonds is 5. The van der Waals surface area contributed by atoms with Gasteiger partial charge < -0.3 is 5.32 Å². The maximum atomic E-state index is 8.50. The van der Waals surface area contributed by atoms with Crippen LogP contribution in [0.4, 0.5) is 0 Å². The number of allylic oxidation sites excluding steroid dienone is 1. The van der Waals surface area contributed by atoms with Gasteiger partial charge in [0.05, 0.1) is 24.1 Å². The number of hydrogen-bond donors (Lipinski definition) is 1. The fourth-order valence-corrected chi connectivity index (χ4v) is 0.682. The minimum Gasteiger partial charge on any atom is -0.390 e. The van der Waals surface area contributed by atoms with Crippen molar-refractivity contribution in [2.75, 3.05) is 6.54 Å². The first-order valence-electron chi connectivity index (χ1n) is 4.04. The molecular weight excluding hydrogens is 150 g/mol. The second-order valence-corrected chi connectivity index (χ2v) is 2.42. The minimum atomic E-state index is 0.190. The van der Waals surface area contributed by atoms with Crippen LogP contribution in [-0.4, -0.2) is 6.54 Å². The summed E-state index contributed by atoms with van der Waals surface area (Å²) in [5.41, 5.74) is 0.494. The number of nitrogens with zero attached hydrogens (tertiary/aromatic N) is 2. The molecule has 0 aliphatic heterocycles. The topological polar surface area (TPSA) is 59.6 Å². The summed E-state index contributed by atoms with van der Waals surface area (Å²) in [5.74, 6) is 0. The van der Waals surface area contributed by atoms with Gasteiger partial charge in [0, 0.05) is 12.7 Å². The van der Waals surface area contributed by atoms with Gasteiger partial charge in [-0.2, -0.15) is 10.5 Å². The van der Waals surface area contributed by atoms with Gasteiger partial charge >= 0.3 is 0 Å². The van der Waals surface area contributed by atoms with Crippen molar-refractivity contribution in [1.29, 1.82) is 10.5 Å². The second kappa shape index (κ2) is 7.63. The molecule has 0 aliphatic carbocycles. The Kier molecular flexibility index (Phi) is 6.68. The van der Waals surface area contributed by atoms with Crippen molar-refractivity contribution in [3.05, 3.63) is 11.8 Å². The first kappa shape index (κ1) is 10.5. The van der Waals surface area contributed by atoms with E-state index in [4.69, 9.17) is 10.5 Å². The summed E-state index contributed by atoms with van der Waals surface area (Å²) in [4.78, 5) is 0. The third-order valence-electron chi connectivity index (χ3n) is 1.36. The Morgan fingerprint density at radius 2 is 2.25 bits per heavy atom. The fraction of sp³-hybridized carbons (Fsp3) is 0.556. The van der Waals surface area contributed by atoms with E-state index in [-0.39, 0.29) is 6.42 Å². The van der Waals surface area contributed by atoms with Crippen LogP contribution in [0.3, 0.4) is 0 Å². The van der Waals surface area contributed by atoms with Crippen molar-refractivity contribution >= 4 is 0 Å². The van der Waals surface area contributed by atoms with Crippen molar-refractivity contribution in [1.82, 2.24) is 5.32 Å². The SMILES string of the molecule is CCCCNC=C(C#N)CC#N. The van der Waals surface area contributed by atoms with Gasteiger partial charge in [0.15, 0.2) is 0 Å². The average Bonchev–Trinajstić information content (AvgIpc) is 2.10. The maximum Gasteiger partial charge on any atom is 0.0973 e. The molecule has 3 heteroatoms. The van der Waals surface area contributed by atoms with Crippen LogP contribution in [0.1, 0.15) is 26.2 Å². The molecule has 0 fully saturated rings. The Labute approximate surface area is 73.3 Å². The molecule has 1 N–H and O–H groups in total. The molecular formula is C9H13N3. The number of nitrogens with one attached hydrogen (secondary N) is 1. The van der Waals surface area contributed by atoms with Crippen LogP contribution in [-0.2, 0) is 0 Å². The Morgan fingerprint density at radius 3 is 2.75 bits per heavy atom. The van der Waals surface area contributed by atoms with Crippen LogP contribution in [0.15, 0.2) is 11.8 Å². The van der Waals surface area contributed by atoms with E-state index in [0.717, 1.165) is 19.4 Å². The second-order valence-electron chi connectivity index (χ2n) is 2.42. The predicted molar refractivity (Wildman–Crippen MR) is 46.8 cm³/mol. The van der Waals surface area contributed by atoms with Crippen LogP contribution in [0.25, 0.3) is 0 Å². The van der Waals surface area contributed by atoms with E-state index >= 15 is 0 Å². The van der Waals surface area contributed by atoms with Crippen molar-refractivity contribution in [3.8, 4) is 12.1 Å². The summed E-state index contributed by atoms with van der Waals surface area (Å²) in [7, 11) is 0. The zero-order valence-corrected chi connectivity index (χ0v) is 7.30. The van der Waals surface area contributed by atoms with Crippen LogP contribution in [0.5, 0.6) is 0 Å². The molecule has 0 spiro atoms. The lowest BCUT2D eigenvalue weighted by Crippen LogP contribution is -2.07. The van der Waals surface area contributed by atoms with Gasteiger partial charge in [-0.15, -0.1) is 0 Å². The number of hydrogen-bond acceptors (Lipinski definition) is 3. The lowest BCUT2D eigenvalue weighted by Gasteiger charge is -1.97. The Bertz CT molecular complexity index is 217. The highest BCUT2D eigenvalue weighted by atomic mass is 14.8. The van der Waals surface area contributed by atoms with E-state index in [1.165, 1.54) is 0 Å². The Morgan fingerprint density at radius 1 is 1.50 bits per heavy atom. The van der Waals surface area contributed by atoms with E-state index in [9.17, 15) is 0 Å². The van der Waals surface area contributed by atoms with Crippen molar-refractivity contribution in [2.24, 2.45) is 0 Å². The molecule has 0 amide bonds. The quantitative estimate of drug-likeness (QED) is 0.495. The zero-order chi connectivity index (χ0) is 9.23. The molecule has 0 atom stereocenters. The first-order valence-corrected chi connectivity index (χ1v) is 4.04. The molecule has 0 radical (unpaired) electrons. The Balaban J connectivity index is 3.66. The summed E-state index contributed by atoms with van der Waals surface area (Å²) in [5, 5.41) is 19.8. The lowest BCUT2D eigenvalue weighted by atomic mass is 10.2. The summed E-state index contributed by atoms with van der Waals surface area (Å²) in [6.45, 7) is 2.97. The molecule has 0 aromatic carbocycles. The summed E-state index contributed by atoms with van der Waals surface area (Å²) in [6, 6.07) is 3.88. The molecule has 0 aromatic rings.